The van der Waals surface area contributed by atoms with Crippen LogP contribution in [0.2, 0.25) is 5.15 Å². The molecular weight excluding hydrogens is 190 g/mol. The normalized spacial score (nSPS) is 10.9. The van der Waals surface area contributed by atoms with Gasteiger partial charge in [-0.2, -0.15) is 5.10 Å². The van der Waals surface area contributed by atoms with Crippen molar-refractivity contribution in [3.8, 4) is 0 Å². The van der Waals surface area contributed by atoms with Gasteiger partial charge in [0.2, 0.25) is 0 Å². The Morgan fingerprint density at radius 2 is 2.46 bits per heavy atom. The SMILES string of the molecule is COCc1cc(Cl)n2nccc2n1. The smallest absolute Gasteiger partial charge is 0.157 e. The molecule has 2 aromatic rings. The van der Waals surface area contributed by atoms with E-state index in [9.17, 15) is 0 Å². The van der Waals surface area contributed by atoms with Crippen LogP contribution >= 0.6 is 11.6 Å². The lowest BCUT2D eigenvalue weighted by Crippen LogP contribution is -1.98. The van der Waals surface area contributed by atoms with Crippen molar-refractivity contribution in [3.05, 3.63) is 29.2 Å². The minimum Gasteiger partial charge on any atom is -0.378 e. The van der Waals surface area contributed by atoms with E-state index in [2.05, 4.69) is 10.1 Å². The molecular formula is C8H8ClN3O. The Bertz CT molecular complexity index is 426. The Morgan fingerprint density at radius 1 is 1.62 bits per heavy atom. The van der Waals surface area contributed by atoms with Gasteiger partial charge in [-0.15, -0.1) is 0 Å². The molecule has 2 rings (SSSR count). The highest BCUT2D eigenvalue weighted by atomic mass is 35.5. The van der Waals surface area contributed by atoms with Crippen molar-refractivity contribution in [2.24, 2.45) is 0 Å². The quantitative estimate of drug-likeness (QED) is 0.686. The summed E-state index contributed by atoms with van der Waals surface area (Å²) in [4.78, 5) is 4.28. The van der Waals surface area contributed by atoms with Gasteiger partial charge in [0.1, 0.15) is 5.15 Å². The molecule has 0 saturated carbocycles. The number of aromatic nitrogens is 3. The van der Waals surface area contributed by atoms with Crippen molar-refractivity contribution < 1.29 is 4.74 Å². The van der Waals surface area contributed by atoms with Crippen molar-refractivity contribution in [2.45, 2.75) is 6.61 Å². The van der Waals surface area contributed by atoms with Crippen LogP contribution in [0.1, 0.15) is 5.69 Å². The van der Waals surface area contributed by atoms with Gasteiger partial charge in [-0.3, -0.25) is 0 Å². The molecule has 0 aliphatic heterocycles. The van der Waals surface area contributed by atoms with Crippen LogP contribution in [0.25, 0.3) is 5.65 Å². The molecule has 5 heteroatoms. The molecule has 2 aromatic heterocycles. The van der Waals surface area contributed by atoms with Crippen molar-refractivity contribution in [2.75, 3.05) is 7.11 Å². The summed E-state index contributed by atoms with van der Waals surface area (Å²) in [5.41, 5.74) is 1.54. The van der Waals surface area contributed by atoms with Crippen molar-refractivity contribution in [1.29, 1.82) is 0 Å². The third-order valence-corrected chi connectivity index (χ3v) is 1.93. The number of ether oxygens (including phenoxy) is 1. The van der Waals surface area contributed by atoms with E-state index in [0.717, 1.165) is 11.3 Å². The molecule has 0 fully saturated rings. The zero-order valence-corrected chi connectivity index (χ0v) is 7.82. The second kappa shape index (κ2) is 3.32. The molecule has 0 bridgehead atoms. The standard InChI is InChI=1S/C8H8ClN3O/c1-13-5-6-4-7(9)12-8(11-6)2-3-10-12/h2-4H,5H2,1H3. The minimum atomic E-state index is 0.460. The maximum absolute atomic E-state index is 5.94. The van der Waals surface area contributed by atoms with Gasteiger partial charge in [-0.25, -0.2) is 9.50 Å². The molecule has 13 heavy (non-hydrogen) atoms. The third-order valence-electron chi connectivity index (χ3n) is 1.66. The summed E-state index contributed by atoms with van der Waals surface area (Å²) in [6, 6.07) is 3.54. The summed E-state index contributed by atoms with van der Waals surface area (Å²) < 4.78 is 6.53. The van der Waals surface area contributed by atoms with Gasteiger partial charge in [0.05, 0.1) is 18.5 Å². The molecule has 0 amide bonds. The molecule has 0 aliphatic rings. The third kappa shape index (κ3) is 1.50. The van der Waals surface area contributed by atoms with E-state index in [4.69, 9.17) is 16.3 Å². The maximum atomic E-state index is 5.94. The molecule has 0 spiro atoms. The molecule has 68 valence electrons. The van der Waals surface area contributed by atoms with Gasteiger partial charge in [0.25, 0.3) is 0 Å². The van der Waals surface area contributed by atoms with Crippen molar-refractivity contribution in [3.63, 3.8) is 0 Å². The van der Waals surface area contributed by atoms with Gasteiger partial charge in [-0.1, -0.05) is 11.6 Å². The summed E-state index contributed by atoms with van der Waals surface area (Å²) in [6.07, 6.45) is 1.66. The molecule has 0 aliphatic carbocycles. The molecule has 0 radical (unpaired) electrons. The highest BCUT2D eigenvalue weighted by molar-refractivity contribution is 6.29. The van der Waals surface area contributed by atoms with Gasteiger partial charge < -0.3 is 4.74 Å². The van der Waals surface area contributed by atoms with Crippen LogP contribution in [0.15, 0.2) is 18.3 Å². The van der Waals surface area contributed by atoms with Crippen molar-refractivity contribution >= 4 is 17.2 Å². The number of rotatable bonds is 2. The largest absolute Gasteiger partial charge is 0.378 e. The topological polar surface area (TPSA) is 39.4 Å². The molecule has 4 nitrogen and oxygen atoms in total. The van der Waals surface area contributed by atoms with E-state index in [1.165, 1.54) is 0 Å². The zero-order valence-electron chi connectivity index (χ0n) is 7.07. The van der Waals surface area contributed by atoms with E-state index >= 15 is 0 Å². The first-order chi connectivity index (χ1) is 6.31. The van der Waals surface area contributed by atoms with Crippen LogP contribution in [0.4, 0.5) is 0 Å². The first-order valence-electron chi connectivity index (χ1n) is 3.79. The lowest BCUT2D eigenvalue weighted by Gasteiger charge is -2.01. The summed E-state index contributed by atoms with van der Waals surface area (Å²) in [5, 5.41) is 4.54. The Hall–Kier alpha value is -1.13. The van der Waals surface area contributed by atoms with Gasteiger partial charge in [-0.05, 0) is 6.07 Å². The highest BCUT2D eigenvalue weighted by Crippen LogP contribution is 2.12. The van der Waals surface area contributed by atoms with Crippen LogP contribution in [-0.4, -0.2) is 21.7 Å². The predicted molar refractivity (Wildman–Crippen MR) is 48.7 cm³/mol. The fraction of sp³-hybridized carbons (Fsp3) is 0.250. The average Bonchev–Trinajstić information content (AvgIpc) is 2.53. The van der Waals surface area contributed by atoms with E-state index in [0.29, 0.717) is 11.8 Å². The number of hydrogen-bond acceptors (Lipinski definition) is 3. The van der Waals surface area contributed by atoms with Gasteiger partial charge in [0, 0.05) is 13.2 Å². The van der Waals surface area contributed by atoms with Gasteiger partial charge in [0.15, 0.2) is 5.65 Å². The van der Waals surface area contributed by atoms with E-state index < -0.39 is 0 Å². The molecule has 0 unspecified atom stereocenters. The van der Waals surface area contributed by atoms with Crippen LogP contribution in [0.3, 0.4) is 0 Å². The van der Waals surface area contributed by atoms with E-state index in [1.807, 2.05) is 0 Å². The van der Waals surface area contributed by atoms with Crippen LogP contribution in [0, 0.1) is 0 Å². The number of nitrogens with zero attached hydrogens (tertiary/aromatic N) is 3. The Balaban J connectivity index is 2.56. The number of halogens is 1. The number of fused-ring (bicyclic) bond motifs is 1. The van der Waals surface area contributed by atoms with E-state index in [1.54, 1.807) is 30.0 Å². The Labute approximate surface area is 80.1 Å². The first-order valence-corrected chi connectivity index (χ1v) is 4.17. The number of methoxy groups -OCH3 is 1. The lowest BCUT2D eigenvalue weighted by molar-refractivity contribution is 0.181. The summed E-state index contributed by atoms with van der Waals surface area (Å²) in [7, 11) is 1.62. The highest BCUT2D eigenvalue weighted by Gasteiger charge is 2.03. The Morgan fingerprint density at radius 3 is 3.23 bits per heavy atom. The molecule has 0 N–H and O–H groups in total. The predicted octanol–water partition coefficient (Wildman–Crippen LogP) is 1.53. The van der Waals surface area contributed by atoms with Gasteiger partial charge >= 0.3 is 0 Å². The maximum Gasteiger partial charge on any atom is 0.157 e. The number of hydrogen-bond donors (Lipinski definition) is 0. The van der Waals surface area contributed by atoms with E-state index in [-0.39, 0.29) is 0 Å². The average molecular weight is 198 g/mol. The molecule has 2 heterocycles. The zero-order chi connectivity index (χ0) is 9.26. The summed E-state index contributed by atoms with van der Waals surface area (Å²) in [5.74, 6) is 0. The van der Waals surface area contributed by atoms with Crippen LogP contribution < -0.4 is 0 Å². The fourth-order valence-electron chi connectivity index (χ4n) is 1.15. The van der Waals surface area contributed by atoms with Crippen molar-refractivity contribution in [1.82, 2.24) is 14.6 Å². The van der Waals surface area contributed by atoms with Crippen LogP contribution in [0.5, 0.6) is 0 Å². The van der Waals surface area contributed by atoms with Crippen LogP contribution in [-0.2, 0) is 11.3 Å². The molecule has 0 atom stereocenters. The lowest BCUT2D eigenvalue weighted by atomic mass is 10.4. The first kappa shape index (κ1) is 8.47. The second-order valence-corrected chi connectivity index (χ2v) is 2.99. The molecule has 0 saturated heterocycles. The second-order valence-electron chi connectivity index (χ2n) is 2.60. The Kier molecular flexibility index (Phi) is 2.16. The minimum absolute atomic E-state index is 0.460. The fourth-order valence-corrected chi connectivity index (χ4v) is 1.40. The molecule has 0 aromatic carbocycles. The summed E-state index contributed by atoms with van der Waals surface area (Å²) in [6.45, 7) is 0.460. The monoisotopic (exact) mass is 197 g/mol. The summed E-state index contributed by atoms with van der Waals surface area (Å²) >= 11 is 5.94.